The highest BCUT2D eigenvalue weighted by molar-refractivity contribution is 5.93. The Morgan fingerprint density at radius 1 is 1.62 bits per heavy atom. The summed E-state index contributed by atoms with van der Waals surface area (Å²) < 4.78 is 4.78. The van der Waals surface area contributed by atoms with Crippen molar-refractivity contribution in [2.45, 2.75) is 6.10 Å². The highest BCUT2D eigenvalue weighted by atomic mass is 16.5. The van der Waals surface area contributed by atoms with E-state index in [-0.39, 0.29) is 19.1 Å². The molecule has 16 heavy (non-hydrogen) atoms. The maximum Gasteiger partial charge on any atom is 0.255 e. The van der Waals surface area contributed by atoms with Gasteiger partial charge in [-0.05, 0) is 6.07 Å². The molecule has 88 valence electrons. The van der Waals surface area contributed by atoms with Crippen molar-refractivity contribution in [3.63, 3.8) is 0 Å². The number of carbonyl (C=O) groups excluding carboxylic acids is 1. The molecule has 6 nitrogen and oxygen atoms in total. The molecule has 1 heterocycles. The van der Waals surface area contributed by atoms with Gasteiger partial charge in [-0.25, -0.2) is 0 Å². The predicted octanol–water partition coefficient (Wildman–Crippen LogP) is -0.444. The van der Waals surface area contributed by atoms with Gasteiger partial charge < -0.3 is 14.7 Å². The zero-order valence-electron chi connectivity index (χ0n) is 9.33. The summed E-state index contributed by atoms with van der Waals surface area (Å²) in [6.45, 7) is 0.418. The number of ether oxygens (including phenoxy) is 1. The third kappa shape index (κ3) is 3.56. The van der Waals surface area contributed by atoms with Crippen LogP contribution in [0.25, 0.3) is 0 Å². The number of aromatic nitrogens is 2. The third-order valence-electron chi connectivity index (χ3n) is 2.02. The molecule has 0 aliphatic carbocycles. The number of hydrogen-bond donors (Lipinski definition) is 1. The Balaban J connectivity index is 2.55. The lowest BCUT2D eigenvalue weighted by atomic mass is 10.2. The van der Waals surface area contributed by atoms with Crippen molar-refractivity contribution in [1.29, 1.82) is 0 Å². The Bertz CT molecular complexity index is 331. The van der Waals surface area contributed by atoms with Gasteiger partial charge in [0.1, 0.15) is 0 Å². The summed E-state index contributed by atoms with van der Waals surface area (Å²) in [6, 6.07) is 1.58. The Hall–Kier alpha value is -1.53. The van der Waals surface area contributed by atoms with E-state index in [9.17, 15) is 9.90 Å². The van der Waals surface area contributed by atoms with Crippen molar-refractivity contribution in [3.05, 3.63) is 24.0 Å². The molecule has 1 rings (SSSR count). The normalized spacial score (nSPS) is 12.2. The van der Waals surface area contributed by atoms with Gasteiger partial charge in [0.25, 0.3) is 5.91 Å². The van der Waals surface area contributed by atoms with Gasteiger partial charge in [0.2, 0.25) is 0 Å². The number of likely N-dealkylation sites (N-methyl/N-ethyl adjacent to an activating group) is 1. The smallest absolute Gasteiger partial charge is 0.255 e. The van der Waals surface area contributed by atoms with Gasteiger partial charge in [-0.1, -0.05) is 0 Å². The lowest BCUT2D eigenvalue weighted by Gasteiger charge is -2.20. The Kier molecular flexibility index (Phi) is 4.81. The molecular weight excluding hydrogens is 210 g/mol. The highest BCUT2D eigenvalue weighted by Gasteiger charge is 2.15. The minimum Gasteiger partial charge on any atom is -0.389 e. The molecule has 1 aromatic heterocycles. The monoisotopic (exact) mass is 225 g/mol. The summed E-state index contributed by atoms with van der Waals surface area (Å²) in [5, 5.41) is 16.7. The second kappa shape index (κ2) is 6.14. The topological polar surface area (TPSA) is 75.6 Å². The second-order valence-electron chi connectivity index (χ2n) is 3.43. The number of hydrogen-bond acceptors (Lipinski definition) is 5. The van der Waals surface area contributed by atoms with Crippen molar-refractivity contribution in [1.82, 2.24) is 15.1 Å². The quantitative estimate of drug-likeness (QED) is 0.735. The van der Waals surface area contributed by atoms with Crippen LogP contribution in [0, 0.1) is 0 Å². The van der Waals surface area contributed by atoms with E-state index in [0.717, 1.165) is 0 Å². The first-order valence-corrected chi connectivity index (χ1v) is 4.84. The van der Waals surface area contributed by atoms with Gasteiger partial charge in [-0.15, -0.1) is 0 Å². The van der Waals surface area contributed by atoms with E-state index in [1.165, 1.54) is 24.4 Å². The first kappa shape index (κ1) is 12.5. The Morgan fingerprint density at radius 2 is 2.38 bits per heavy atom. The molecule has 0 spiro atoms. The van der Waals surface area contributed by atoms with Crippen LogP contribution in [0.2, 0.25) is 0 Å². The van der Waals surface area contributed by atoms with E-state index in [4.69, 9.17) is 4.74 Å². The van der Waals surface area contributed by atoms with Crippen molar-refractivity contribution in [2.75, 3.05) is 27.3 Å². The molecule has 1 unspecified atom stereocenters. The van der Waals surface area contributed by atoms with Crippen molar-refractivity contribution < 1.29 is 14.6 Å². The molecule has 1 atom stereocenters. The molecule has 0 radical (unpaired) electrons. The van der Waals surface area contributed by atoms with Crippen LogP contribution in [0.15, 0.2) is 18.5 Å². The Morgan fingerprint density at radius 3 is 2.94 bits per heavy atom. The number of aliphatic hydroxyl groups excluding tert-OH is 1. The number of nitrogens with zero attached hydrogens (tertiary/aromatic N) is 3. The van der Waals surface area contributed by atoms with Gasteiger partial charge in [0.05, 0.1) is 30.7 Å². The first-order valence-electron chi connectivity index (χ1n) is 4.84. The molecule has 6 heteroatoms. The highest BCUT2D eigenvalue weighted by Crippen LogP contribution is 2.01. The summed E-state index contributed by atoms with van der Waals surface area (Å²) >= 11 is 0. The average molecular weight is 225 g/mol. The fourth-order valence-electron chi connectivity index (χ4n) is 1.28. The first-order chi connectivity index (χ1) is 7.65. The molecular formula is C10H15N3O3. The maximum atomic E-state index is 11.8. The molecule has 0 fully saturated rings. The number of carbonyl (C=O) groups is 1. The van der Waals surface area contributed by atoms with Gasteiger partial charge in [0.15, 0.2) is 0 Å². The second-order valence-corrected chi connectivity index (χ2v) is 3.43. The average Bonchev–Trinajstić information content (AvgIpc) is 2.29. The molecule has 1 aromatic rings. The van der Waals surface area contributed by atoms with E-state index in [1.807, 2.05) is 0 Å². The Labute approximate surface area is 93.9 Å². The molecule has 0 aliphatic rings. The fourth-order valence-corrected chi connectivity index (χ4v) is 1.28. The summed E-state index contributed by atoms with van der Waals surface area (Å²) in [6.07, 6.45) is 2.16. The van der Waals surface area contributed by atoms with Crippen molar-refractivity contribution in [3.8, 4) is 0 Å². The van der Waals surface area contributed by atoms with Crippen LogP contribution in [0.5, 0.6) is 0 Å². The molecule has 0 saturated carbocycles. The minimum absolute atomic E-state index is 0.201. The number of rotatable bonds is 5. The zero-order chi connectivity index (χ0) is 12.0. The molecule has 1 amide bonds. The number of amides is 1. The van der Waals surface area contributed by atoms with Crippen molar-refractivity contribution in [2.24, 2.45) is 0 Å². The largest absolute Gasteiger partial charge is 0.389 e. The minimum atomic E-state index is -0.686. The number of aliphatic hydroxyl groups is 1. The van der Waals surface area contributed by atoms with Gasteiger partial charge in [-0.3, -0.25) is 4.79 Å². The number of methoxy groups -OCH3 is 1. The standard InChI is InChI=1S/C10H15N3O3/c1-13(6-9(14)7-16-2)10(15)8-3-4-11-12-5-8/h3-5,9,14H,6-7H2,1-2H3. The SMILES string of the molecule is COCC(O)CN(C)C(=O)c1ccnnc1. The van der Waals surface area contributed by atoms with Crippen LogP contribution >= 0.6 is 0 Å². The van der Waals surface area contributed by atoms with Crippen LogP contribution in [0.4, 0.5) is 0 Å². The molecule has 0 saturated heterocycles. The summed E-state index contributed by atoms with van der Waals surface area (Å²) in [5.74, 6) is -0.204. The predicted molar refractivity (Wildman–Crippen MR) is 56.9 cm³/mol. The van der Waals surface area contributed by atoms with E-state index in [1.54, 1.807) is 13.1 Å². The van der Waals surface area contributed by atoms with Gasteiger partial charge >= 0.3 is 0 Å². The van der Waals surface area contributed by atoms with Crippen LogP contribution in [-0.2, 0) is 4.74 Å². The van der Waals surface area contributed by atoms with Crippen LogP contribution < -0.4 is 0 Å². The third-order valence-corrected chi connectivity index (χ3v) is 2.02. The fraction of sp³-hybridized carbons (Fsp3) is 0.500. The van der Waals surface area contributed by atoms with Crippen LogP contribution in [0.3, 0.4) is 0 Å². The van der Waals surface area contributed by atoms with E-state index in [0.29, 0.717) is 5.56 Å². The van der Waals surface area contributed by atoms with Gasteiger partial charge in [0, 0.05) is 20.7 Å². The summed E-state index contributed by atoms with van der Waals surface area (Å²) in [5.41, 5.74) is 0.446. The summed E-state index contributed by atoms with van der Waals surface area (Å²) in [7, 11) is 3.11. The van der Waals surface area contributed by atoms with Crippen molar-refractivity contribution >= 4 is 5.91 Å². The molecule has 0 aromatic carbocycles. The molecule has 0 bridgehead atoms. The molecule has 0 aliphatic heterocycles. The lowest BCUT2D eigenvalue weighted by molar-refractivity contribution is 0.0380. The van der Waals surface area contributed by atoms with Crippen LogP contribution in [0.1, 0.15) is 10.4 Å². The van der Waals surface area contributed by atoms with Crippen LogP contribution in [-0.4, -0.2) is 59.5 Å². The van der Waals surface area contributed by atoms with E-state index in [2.05, 4.69) is 10.2 Å². The van der Waals surface area contributed by atoms with E-state index < -0.39 is 6.10 Å². The van der Waals surface area contributed by atoms with E-state index >= 15 is 0 Å². The zero-order valence-corrected chi connectivity index (χ0v) is 9.33. The maximum absolute atomic E-state index is 11.8. The molecule has 1 N–H and O–H groups in total. The lowest BCUT2D eigenvalue weighted by Crippen LogP contribution is -2.36. The summed E-state index contributed by atoms with van der Waals surface area (Å²) in [4.78, 5) is 13.2. The van der Waals surface area contributed by atoms with Gasteiger partial charge in [-0.2, -0.15) is 10.2 Å².